The van der Waals surface area contributed by atoms with Crippen molar-refractivity contribution >= 4 is 43.6 Å². The Bertz CT molecular complexity index is 1490. The summed E-state index contributed by atoms with van der Waals surface area (Å²) in [5, 5.41) is 12.8. The molecule has 1 aromatic heterocycles. The molecule has 0 saturated heterocycles. The summed E-state index contributed by atoms with van der Waals surface area (Å²) >= 11 is 3.46. The number of rotatable bonds is 6. The number of nitrogens with zero attached hydrogens (tertiary/aromatic N) is 1. The van der Waals surface area contributed by atoms with Gasteiger partial charge in [0.15, 0.2) is 0 Å². The van der Waals surface area contributed by atoms with Crippen molar-refractivity contribution in [2.45, 2.75) is 26.4 Å². The van der Waals surface area contributed by atoms with Gasteiger partial charge in [0.1, 0.15) is 17.1 Å². The van der Waals surface area contributed by atoms with Crippen LogP contribution in [0.25, 0.3) is 21.7 Å². The zero-order chi connectivity index (χ0) is 23.7. The van der Waals surface area contributed by atoms with Crippen LogP contribution in [0.3, 0.4) is 0 Å². The molecule has 5 aromatic rings. The topological polar surface area (TPSA) is 53.7 Å². The van der Waals surface area contributed by atoms with E-state index < -0.39 is 0 Å². The van der Waals surface area contributed by atoms with E-state index in [0.29, 0.717) is 35.3 Å². The highest BCUT2D eigenvalue weighted by molar-refractivity contribution is 9.10. The Morgan fingerprint density at radius 3 is 2.41 bits per heavy atom. The van der Waals surface area contributed by atoms with E-state index in [-0.39, 0.29) is 11.7 Å². The highest BCUT2D eigenvalue weighted by atomic mass is 79.9. The second-order valence-electron chi connectivity index (χ2n) is 8.35. The van der Waals surface area contributed by atoms with E-state index in [1.54, 1.807) is 6.07 Å². The second kappa shape index (κ2) is 9.35. The van der Waals surface area contributed by atoms with Crippen LogP contribution in [-0.4, -0.2) is 15.9 Å². The van der Waals surface area contributed by atoms with Crippen molar-refractivity contribution in [2.75, 3.05) is 0 Å². The van der Waals surface area contributed by atoms with Gasteiger partial charge in [0.2, 0.25) is 0 Å². The van der Waals surface area contributed by atoms with E-state index >= 15 is 0 Å². The maximum atomic E-state index is 14.0. The third-order valence-corrected chi connectivity index (χ3v) is 6.91. The molecular formula is C29H24BrNO3. The molecule has 0 bridgehead atoms. The normalized spacial score (nSPS) is 11.2. The predicted octanol–water partition coefficient (Wildman–Crippen LogP) is 7.46. The SMILES string of the molecule is CCc1oc2ccccc2c1C(=O)N(Cc1ccccc1)Cc1ccc2c(Br)c(O)ccc2c1. The molecule has 0 aliphatic heterocycles. The minimum Gasteiger partial charge on any atom is -0.507 e. The zero-order valence-electron chi connectivity index (χ0n) is 18.8. The number of para-hydroxylation sites is 1. The minimum atomic E-state index is -0.0439. The summed E-state index contributed by atoms with van der Waals surface area (Å²) in [6.07, 6.45) is 0.641. The van der Waals surface area contributed by atoms with Crippen LogP contribution < -0.4 is 0 Å². The smallest absolute Gasteiger partial charge is 0.258 e. The van der Waals surface area contributed by atoms with Gasteiger partial charge in [-0.1, -0.05) is 73.7 Å². The van der Waals surface area contributed by atoms with E-state index in [1.807, 2.05) is 84.6 Å². The molecule has 0 atom stereocenters. The molecule has 1 heterocycles. The summed E-state index contributed by atoms with van der Waals surface area (Å²) in [6.45, 7) is 2.94. The van der Waals surface area contributed by atoms with Gasteiger partial charge in [0.25, 0.3) is 5.91 Å². The number of furan rings is 1. The van der Waals surface area contributed by atoms with Crippen LogP contribution in [-0.2, 0) is 19.5 Å². The first-order valence-electron chi connectivity index (χ1n) is 11.3. The monoisotopic (exact) mass is 513 g/mol. The summed E-state index contributed by atoms with van der Waals surface area (Å²) in [4.78, 5) is 15.9. The summed E-state index contributed by atoms with van der Waals surface area (Å²) in [6, 6.07) is 27.4. The standard InChI is InChI=1S/C29H24BrNO3/c1-2-25-27(23-10-6-7-11-26(23)34-25)29(33)31(17-19-8-4-3-5-9-19)18-20-12-14-22-21(16-20)13-15-24(32)28(22)30/h3-16,32H,2,17-18H2,1H3. The number of phenolic OH excluding ortho intramolecular Hbond substituents is 1. The Hall–Kier alpha value is -3.57. The number of fused-ring (bicyclic) bond motifs is 2. The van der Waals surface area contributed by atoms with Crippen LogP contribution >= 0.6 is 15.9 Å². The second-order valence-corrected chi connectivity index (χ2v) is 9.14. The molecule has 1 N–H and O–H groups in total. The van der Waals surface area contributed by atoms with E-state index in [4.69, 9.17) is 4.42 Å². The molecule has 4 aromatic carbocycles. The van der Waals surface area contributed by atoms with Crippen LogP contribution in [0.2, 0.25) is 0 Å². The number of carbonyl (C=O) groups is 1. The highest BCUT2D eigenvalue weighted by Gasteiger charge is 2.25. The van der Waals surface area contributed by atoms with Gasteiger partial charge in [0, 0.05) is 24.9 Å². The quantitative estimate of drug-likeness (QED) is 0.256. The number of carbonyl (C=O) groups excluding carboxylic acids is 1. The number of amides is 1. The highest BCUT2D eigenvalue weighted by Crippen LogP contribution is 2.33. The summed E-state index contributed by atoms with van der Waals surface area (Å²) < 4.78 is 6.70. The third-order valence-electron chi connectivity index (χ3n) is 6.08. The van der Waals surface area contributed by atoms with Crippen LogP contribution in [0.15, 0.2) is 93.8 Å². The summed E-state index contributed by atoms with van der Waals surface area (Å²) in [5.74, 6) is 0.875. The zero-order valence-corrected chi connectivity index (χ0v) is 20.4. The molecule has 0 radical (unpaired) electrons. The molecule has 34 heavy (non-hydrogen) atoms. The van der Waals surface area contributed by atoms with E-state index in [2.05, 4.69) is 22.0 Å². The molecule has 0 unspecified atom stereocenters. The molecule has 5 heteroatoms. The van der Waals surface area contributed by atoms with Crippen molar-refractivity contribution in [2.24, 2.45) is 0 Å². The fraction of sp³-hybridized carbons (Fsp3) is 0.138. The number of aromatic hydroxyl groups is 1. The molecule has 1 amide bonds. The fourth-order valence-corrected chi connectivity index (χ4v) is 4.88. The van der Waals surface area contributed by atoms with E-state index in [1.165, 1.54) is 0 Å². The van der Waals surface area contributed by atoms with Crippen LogP contribution in [0.1, 0.15) is 34.2 Å². The number of hydrogen-bond acceptors (Lipinski definition) is 3. The van der Waals surface area contributed by atoms with Crippen molar-refractivity contribution < 1.29 is 14.3 Å². The van der Waals surface area contributed by atoms with Gasteiger partial charge in [0.05, 0.1) is 10.0 Å². The number of phenols is 1. The summed E-state index contributed by atoms with van der Waals surface area (Å²) in [7, 11) is 0. The summed E-state index contributed by atoms with van der Waals surface area (Å²) in [5.41, 5.74) is 3.45. The van der Waals surface area contributed by atoms with Gasteiger partial charge in [-0.2, -0.15) is 0 Å². The van der Waals surface area contributed by atoms with Gasteiger partial charge in [-0.3, -0.25) is 4.79 Å². The average Bonchev–Trinajstić information content (AvgIpc) is 3.25. The van der Waals surface area contributed by atoms with Crippen molar-refractivity contribution in [3.63, 3.8) is 0 Å². The molecule has 0 saturated carbocycles. The Kier molecular flexibility index (Phi) is 6.12. The molecule has 170 valence electrons. The lowest BCUT2D eigenvalue weighted by atomic mass is 10.0. The lowest BCUT2D eigenvalue weighted by Gasteiger charge is -2.24. The van der Waals surface area contributed by atoms with Gasteiger partial charge in [-0.15, -0.1) is 0 Å². The lowest BCUT2D eigenvalue weighted by molar-refractivity contribution is 0.0729. The van der Waals surface area contributed by atoms with Crippen molar-refractivity contribution in [3.8, 4) is 5.75 Å². The third kappa shape index (κ3) is 4.19. The lowest BCUT2D eigenvalue weighted by Crippen LogP contribution is -2.30. The van der Waals surface area contributed by atoms with E-state index in [0.717, 1.165) is 32.9 Å². The number of hydrogen-bond donors (Lipinski definition) is 1. The fourth-order valence-electron chi connectivity index (χ4n) is 4.39. The van der Waals surface area contributed by atoms with Crippen molar-refractivity contribution in [1.29, 1.82) is 0 Å². The molecular weight excluding hydrogens is 490 g/mol. The van der Waals surface area contributed by atoms with Gasteiger partial charge >= 0.3 is 0 Å². The van der Waals surface area contributed by atoms with Crippen LogP contribution in [0.5, 0.6) is 5.75 Å². The van der Waals surface area contributed by atoms with E-state index in [9.17, 15) is 9.90 Å². The molecule has 4 nitrogen and oxygen atoms in total. The minimum absolute atomic E-state index is 0.0439. The largest absolute Gasteiger partial charge is 0.507 e. The molecule has 0 aliphatic carbocycles. The first kappa shape index (κ1) is 22.2. The maximum absolute atomic E-state index is 14.0. The number of benzene rings is 4. The molecule has 0 spiro atoms. The van der Waals surface area contributed by atoms with Gasteiger partial charge < -0.3 is 14.4 Å². The van der Waals surface area contributed by atoms with Crippen LogP contribution in [0.4, 0.5) is 0 Å². The first-order chi connectivity index (χ1) is 16.5. The molecule has 0 fully saturated rings. The van der Waals surface area contributed by atoms with Crippen molar-refractivity contribution in [1.82, 2.24) is 4.90 Å². The van der Waals surface area contributed by atoms with Gasteiger partial charge in [-0.25, -0.2) is 0 Å². The number of aryl methyl sites for hydroxylation is 1. The average molecular weight is 514 g/mol. The first-order valence-corrected chi connectivity index (χ1v) is 12.1. The Morgan fingerprint density at radius 1 is 0.882 bits per heavy atom. The van der Waals surface area contributed by atoms with Crippen molar-refractivity contribution in [3.05, 3.63) is 112 Å². The predicted molar refractivity (Wildman–Crippen MR) is 139 cm³/mol. The van der Waals surface area contributed by atoms with Gasteiger partial charge in [-0.05, 0) is 56.0 Å². The molecule has 0 aliphatic rings. The Labute approximate surface area is 206 Å². The number of halogens is 1. The Morgan fingerprint density at radius 2 is 1.62 bits per heavy atom. The molecule has 5 rings (SSSR count). The Balaban J connectivity index is 1.56. The van der Waals surface area contributed by atoms with Crippen LogP contribution in [0, 0.1) is 0 Å². The maximum Gasteiger partial charge on any atom is 0.258 e.